The van der Waals surface area contributed by atoms with Crippen LogP contribution in [0.25, 0.3) is 5.95 Å². The number of nitrogens with one attached hydrogen (secondary N) is 2. The van der Waals surface area contributed by atoms with E-state index in [0.29, 0.717) is 16.5 Å². The van der Waals surface area contributed by atoms with Crippen LogP contribution in [0.4, 0.5) is 5.82 Å². The van der Waals surface area contributed by atoms with Crippen molar-refractivity contribution in [2.24, 2.45) is 0 Å². The van der Waals surface area contributed by atoms with E-state index in [4.69, 9.17) is 11.6 Å². The van der Waals surface area contributed by atoms with E-state index < -0.39 is 0 Å². The Labute approximate surface area is 167 Å². The molecule has 0 radical (unpaired) electrons. The molecule has 0 bridgehead atoms. The summed E-state index contributed by atoms with van der Waals surface area (Å²) in [5, 5.41) is 7.95. The van der Waals surface area contributed by atoms with E-state index in [9.17, 15) is 9.59 Å². The summed E-state index contributed by atoms with van der Waals surface area (Å²) in [6, 6.07) is 10.4. The largest absolute Gasteiger partial charge is 0.310 e. The van der Waals surface area contributed by atoms with Gasteiger partial charge in [-0.3, -0.25) is 14.6 Å². The molecule has 0 spiro atoms. The predicted octanol–water partition coefficient (Wildman–Crippen LogP) is 3.40. The van der Waals surface area contributed by atoms with E-state index in [2.05, 4.69) is 20.4 Å². The van der Waals surface area contributed by atoms with Crippen molar-refractivity contribution in [3.8, 4) is 5.95 Å². The number of anilines is 1. The minimum atomic E-state index is -0.288. The lowest BCUT2D eigenvalue weighted by Crippen LogP contribution is -2.20. The molecule has 146 valence electrons. The summed E-state index contributed by atoms with van der Waals surface area (Å²) in [4.78, 5) is 31.5. The van der Waals surface area contributed by atoms with Gasteiger partial charge in [0.2, 0.25) is 11.9 Å². The number of H-pyrrole nitrogens is 1. The highest BCUT2D eigenvalue weighted by atomic mass is 35.5. The van der Waals surface area contributed by atoms with E-state index >= 15 is 0 Å². The summed E-state index contributed by atoms with van der Waals surface area (Å²) in [6.07, 6.45) is 0.119. The van der Waals surface area contributed by atoms with Crippen molar-refractivity contribution in [2.45, 2.75) is 39.5 Å². The Morgan fingerprint density at radius 1 is 1.25 bits per heavy atom. The number of aryl methyl sites for hydroxylation is 1. The van der Waals surface area contributed by atoms with Crippen LogP contribution >= 0.6 is 11.6 Å². The molecule has 3 rings (SSSR count). The molecule has 2 aromatic heterocycles. The number of benzene rings is 1. The average molecular weight is 400 g/mol. The maximum Gasteiger partial charge on any atom is 0.252 e. The zero-order valence-electron chi connectivity index (χ0n) is 16.2. The van der Waals surface area contributed by atoms with Crippen LogP contribution in [0, 0.1) is 6.92 Å². The Hall–Kier alpha value is -2.93. The Morgan fingerprint density at radius 3 is 2.61 bits per heavy atom. The molecule has 3 aromatic rings. The highest BCUT2D eigenvalue weighted by molar-refractivity contribution is 6.31. The third-order valence-electron chi connectivity index (χ3n) is 4.11. The molecule has 0 unspecified atom stereocenters. The van der Waals surface area contributed by atoms with Gasteiger partial charge in [0.05, 0.1) is 12.1 Å². The van der Waals surface area contributed by atoms with Crippen LogP contribution in [0.3, 0.4) is 0 Å². The van der Waals surface area contributed by atoms with E-state index in [1.807, 2.05) is 32.9 Å². The summed E-state index contributed by atoms with van der Waals surface area (Å²) in [5.41, 5.74) is 1.50. The molecule has 28 heavy (non-hydrogen) atoms. The van der Waals surface area contributed by atoms with Gasteiger partial charge in [-0.2, -0.15) is 9.78 Å². The first-order valence-corrected chi connectivity index (χ1v) is 9.23. The van der Waals surface area contributed by atoms with Gasteiger partial charge >= 0.3 is 0 Å². The van der Waals surface area contributed by atoms with Crippen LogP contribution in [0.5, 0.6) is 0 Å². The highest BCUT2D eigenvalue weighted by Gasteiger charge is 2.22. The van der Waals surface area contributed by atoms with Crippen molar-refractivity contribution in [1.82, 2.24) is 19.7 Å². The fourth-order valence-corrected chi connectivity index (χ4v) is 2.87. The molecule has 0 saturated carbocycles. The van der Waals surface area contributed by atoms with Gasteiger partial charge in [-0.25, -0.2) is 4.98 Å². The third kappa shape index (κ3) is 4.48. The number of carbonyl (C=O) groups excluding carboxylic acids is 1. The summed E-state index contributed by atoms with van der Waals surface area (Å²) in [6.45, 7) is 7.77. The average Bonchev–Trinajstić information content (AvgIpc) is 3.00. The predicted molar refractivity (Wildman–Crippen MR) is 109 cm³/mol. The minimum Gasteiger partial charge on any atom is -0.310 e. The maximum absolute atomic E-state index is 12.6. The Kier molecular flexibility index (Phi) is 5.38. The van der Waals surface area contributed by atoms with E-state index in [-0.39, 0.29) is 29.3 Å². The first kappa shape index (κ1) is 19.8. The van der Waals surface area contributed by atoms with Gasteiger partial charge in [-0.15, -0.1) is 0 Å². The topological polar surface area (TPSA) is 92.7 Å². The molecular weight excluding hydrogens is 378 g/mol. The summed E-state index contributed by atoms with van der Waals surface area (Å²) in [7, 11) is 0. The number of aromatic amines is 1. The molecule has 0 atom stereocenters. The standard InChI is InChI=1S/C20H22ClN5O2/c1-12-9-17(27)24-19(22-12)26-16(11-15(25-26)20(2,3)4)23-18(28)10-13-7-5-6-8-14(13)21/h5-9,11H,10H2,1-4H3,(H,23,28)(H,22,24,27). The fraction of sp³-hybridized carbons (Fsp3) is 0.300. The van der Waals surface area contributed by atoms with Crippen molar-refractivity contribution < 1.29 is 4.79 Å². The Bertz CT molecular complexity index is 1080. The first-order valence-electron chi connectivity index (χ1n) is 8.85. The van der Waals surface area contributed by atoms with Crippen LogP contribution in [0.1, 0.15) is 37.7 Å². The lowest BCUT2D eigenvalue weighted by Gasteiger charge is -2.13. The normalized spacial score (nSPS) is 11.5. The zero-order chi connectivity index (χ0) is 20.5. The molecule has 1 amide bonds. The van der Waals surface area contributed by atoms with Gasteiger partial charge in [0.15, 0.2) is 0 Å². The number of aromatic nitrogens is 4. The van der Waals surface area contributed by atoms with Gasteiger partial charge in [-0.1, -0.05) is 50.6 Å². The number of nitrogens with zero attached hydrogens (tertiary/aromatic N) is 3. The van der Waals surface area contributed by atoms with Gasteiger partial charge in [0.25, 0.3) is 5.56 Å². The van der Waals surface area contributed by atoms with E-state index in [0.717, 1.165) is 11.3 Å². The second kappa shape index (κ2) is 7.59. The molecule has 0 fully saturated rings. The maximum atomic E-state index is 12.6. The molecule has 0 aliphatic carbocycles. The summed E-state index contributed by atoms with van der Waals surface area (Å²) >= 11 is 6.15. The first-order chi connectivity index (χ1) is 13.1. The Balaban J connectivity index is 1.97. The molecule has 2 heterocycles. The lowest BCUT2D eigenvalue weighted by molar-refractivity contribution is -0.115. The molecule has 2 N–H and O–H groups in total. The highest BCUT2D eigenvalue weighted by Crippen LogP contribution is 2.25. The second-order valence-corrected chi connectivity index (χ2v) is 8.01. The molecule has 8 heteroatoms. The monoisotopic (exact) mass is 399 g/mol. The molecule has 1 aromatic carbocycles. The second-order valence-electron chi connectivity index (χ2n) is 7.60. The van der Waals surface area contributed by atoms with Crippen LogP contribution in [0.2, 0.25) is 5.02 Å². The van der Waals surface area contributed by atoms with Gasteiger partial charge < -0.3 is 5.32 Å². The third-order valence-corrected chi connectivity index (χ3v) is 4.48. The van der Waals surface area contributed by atoms with E-state index in [1.165, 1.54) is 10.7 Å². The molecule has 0 aliphatic heterocycles. The molecule has 0 aliphatic rings. The lowest BCUT2D eigenvalue weighted by atomic mass is 9.92. The zero-order valence-corrected chi connectivity index (χ0v) is 17.0. The van der Waals surface area contributed by atoms with E-state index in [1.54, 1.807) is 25.1 Å². The molecular formula is C20H22ClN5O2. The quantitative estimate of drug-likeness (QED) is 0.703. The van der Waals surface area contributed by atoms with Crippen LogP contribution < -0.4 is 10.9 Å². The van der Waals surface area contributed by atoms with Crippen LogP contribution in [-0.4, -0.2) is 25.7 Å². The van der Waals surface area contributed by atoms with Crippen molar-refractivity contribution in [3.05, 3.63) is 68.7 Å². The fourth-order valence-electron chi connectivity index (χ4n) is 2.66. The number of rotatable bonds is 4. The van der Waals surface area contributed by atoms with Crippen molar-refractivity contribution in [3.63, 3.8) is 0 Å². The SMILES string of the molecule is Cc1cc(=O)[nH]c(-n2nc(C(C)(C)C)cc2NC(=O)Cc2ccccc2Cl)n1. The van der Waals surface area contributed by atoms with Crippen molar-refractivity contribution in [1.29, 1.82) is 0 Å². The van der Waals surface area contributed by atoms with Gasteiger partial charge in [-0.05, 0) is 18.6 Å². The van der Waals surface area contributed by atoms with Crippen molar-refractivity contribution >= 4 is 23.3 Å². The summed E-state index contributed by atoms with van der Waals surface area (Å²) < 4.78 is 1.44. The number of hydrogen-bond donors (Lipinski definition) is 2. The van der Waals surface area contributed by atoms with Gasteiger partial charge in [0, 0.05) is 28.3 Å². The number of halogens is 1. The Morgan fingerprint density at radius 2 is 1.96 bits per heavy atom. The van der Waals surface area contributed by atoms with Crippen LogP contribution in [-0.2, 0) is 16.6 Å². The van der Waals surface area contributed by atoms with Crippen molar-refractivity contribution in [2.75, 3.05) is 5.32 Å². The number of hydrogen-bond acceptors (Lipinski definition) is 4. The minimum absolute atomic E-state index is 0.119. The number of amides is 1. The summed E-state index contributed by atoms with van der Waals surface area (Å²) in [5.74, 6) is 0.425. The van der Waals surface area contributed by atoms with Crippen LogP contribution in [0.15, 0.2) is 41.2 Å². The molecule has 0 saturated heterocycles. The number of carbonyl (C=O) groups is 1. The van der Waals surface area contributed by atoms with Gasteiger partial charge in [0.1, 0.15) is 5.82 Å². The smallest absolute Gasteiger partial charge is 0.252 e. The molecule has 7 nitrogen and oxygen atoms in total.